The van der Waals surface area contributed by atoms with E-state index in [4.69, 9.17) is 14.6 Å². The van der Waals surface area contributed by atoms with Crippen LogP contribution in [0.1, 0.15) is 22.8 Å². The molecule has 0 unspecified atom stereocenters. The average Bonchev–Trinajstić information content (AvgIpc) is 3.32. The molecule has 0 aliphatic rings. The number of hydrogen-bond donors (Lipinski definition) is 1. The van der Waals surface area contributed by atoms with Crippen molar-refractivity contribution in [2.24, 2.45) is 0 Å². The average molecular weight is 536 g/mol. The molecule has 1 heterocycles. The maximum absolute atomic E-state index is 14.2. The number of amides is 1. The third-order valence-corrected chi connectivity index (χ3v) is 6.21. The molecule has 0 spiro atoms. The van der Waals surface area contributed by atoms with E-state index in [0.29, 0.717) is 39.5 Å². The lowest BCUT2D eigenvalue weighted by atomic mass is 10.00. The summed E-state index contributed by atoms with van der Waals surface area (Å²) in [5.41, 5.74) is 5.09. The number of esters is 1. The Hall–Kier alpha value is -5.24. The van der Waals surface area contributed by atoms with Gasteiger partial charge < -0.3 is 14.8 Å². The van der Waals surface area contributed by atoms with Crippen LogP contribution in [0, 0.1) is 12.7 Å². The molecule has 0 fully saturated rings. The molecular weight excluding hydrogens is 509 g/mol. The number of methoxy groups -OCH3 is 1. The molecule has 7 nitrogen and oxygen atoms in total. The van der Waals surface area contributed by atoms with Crippen molar-refractivity contribution >= 4 is 17.6 Å². The fourth-order valence-corrected chi connectivity index (χ4v) is 4.34. The lowest BCUT2D eigenvalue weighted by Crippen LogP contribution is -2.11. The van der Waals surface area contributed by atoms with Gasteiger partial charge in [-0.2, -0.15) is 9.78 Å². The topological polar surface area (TPSA) is 82.4 Å². The Morgan fingerprint density at radius 1 is 0.875 bits per heavy atom. The van der Waals surface area contributed by atoms with Gasteiger partial charge in [-0.1, -0.05) is 42.0 Å². The first-order chi connectivity index (χ1) is 19.3. The monoisotopic (exact) mass is 535 g/mol. The van der Waals surface area contributed by atoms with Crippen LogP contribution < -0.4 is 14.8 Å². The van der Waals surface area contributed by atoms with Gasteiger partial charge in [0.2, 0.25) is 5.88 Å². The molecule has 5 rings (SSSR count). The summed E-state index contributed by atoms with van der Waals surface area (Å²) in [6.45, 7) is 3.27. The highest BCUT2D eigenvalue weighted by Gasteiger charge is 2.25. The van der Waals surface area contributed by atoms with Gasteiger partial charge in [0.1, 0.15) is 17.3 Å². The van der Waals surface area contributed by atoms with E-state index in [1.54, 1.807) is 55.6 Å². The predicted octanol–water partition coefficient (Wildman–Crippen LogP) is 6.84. The first kappa shape index (κ1) is 26.4. The second-order valence-electron chi connectivity index (χ2n) is 9.14. The fourth-order valence-electron chi connectivity index (χ4n) is 4.34. The molecule has 0 atom stereocenters. The standard InChI is InChI=1S/C32H26FN3O4/c1-20-6-4-7-24(18-20)30-29(32(40-21(2)37)36(35-30)27-9-5-8-25(33)19-27)22-10-14-26(15-11-22)34-31(38)23-12-16-28(39-3)17-13-23/h4-19H,1-3H3,(H,34,38). The predicted molar refractivity (Wildman–Crippen MR) is 151 cm³/mol. The Morgan fingerprint density at radius 2 is 1.60 bits per heavy atom. The summed E-state index contributed by atoms with van der Waals surface area (Å²) in [6.07, 6.45) is 0. The molecule has 5 aromatic rings. The smallest absolute Gasteiger partial charge is 0.309 e. The Balaban J connectivity index is 1.58. The molecule has 1 aromatic heterocycles. The van der Waals surface area contributed by atoms with Crippen molar-refractivity contribution in [2.75, 3.05) is 12.4 Å². The summed E-state index contributed by atoms with van der Waals surface area (Å²) in [6, 6.07) is 27.6. The Labute approximate surface area is 230 Å². The molecule has 40 heavy (non-hydrogen) atoms. The van der Waals surface area contributed by atoms with Crippen molar-refractivity contribution in [2.45, 2.75) is 13.8 Å². The zero-order valence-electron chi connectivity index (χ0n) is 22.1. The van der Waals surface area contributed by atoms with Gasteiger partial charge in [-0.3, -0.25) is 9.59 Å². The molecule has 0 aliphatic carbocycles. The minimum atomic E-state index is -0.544. The molecule has 0 saturated heterocycles. The number of anilines is 1. The van der Waals surface area contributed by atoms with E-state index in [0.717, 1.165) is 11.1 Å². The second kappa shape index (κ2) is 11.2. The minimum Gasteiger partial charge on any atom is -0.497 e. The first-order valence-electron chi connectivity index (χ1n) is 12.5. The normalized spacial score (nSPS) is 10.7. The van der Waals surface area contributed by atoms with Crippen molar-refractivity contribution in [1.29, 1.82) is 0 Å². The molecule has 1 N–H and O–H groups in total. The number of nitrogens with one attached hydrogen (secondary N) is 1. The molecule has 0 bridgehead atoms. The number of hydrogen-bond acceptors (Lipinski definition) is 5. The molecule has 0 saturated carbocycles. The van der Waals surface area contributed by atoms with Gasteiger partial charge in [-0.05, 0) is 73.2 Å². The highest BCUT2D eigenvalue weighted by Crippen LogP contribution is 2.41. The molecule has 0 radical (unpaired) electrons. The number of nitrogens with zero attached hydrogens (tertiary/aromatic N) is 2. The Bertz CT molecular complexity index is 1690. The first-order valence-corrected chi connectivity index (χ1v) is 12.5. The van der Waals surface area contributed by atoms with Gasteiger partial charge in [0.25, 0.3) is 5.91 Å². The molecule has 200 valence electrons. The zero-order valence-corrected chi connectivity index (χ0v) is 22.1. The van der Waals surface area contributed by atoms with Crippen molar-refractivity contribution in [3.63, 3.8) is 0 Å². The van der Waals surface area contributed by atoms with Crippen molar-refractivity contribution in [1.82, 2.24) is 9.78 Å². The highest BCUT2D eigenvalue weighted by molar-refractivity contribution is 6.04. The number of benzene rings is 4. The summed E-state index contributed by atoms with van der Waals surface area (Å²) in [7, 11) is 1.57. The molecular formula is C32H26FN3O4. The lowest BCUT2D eigenvalue weighted by molar-refractivity contribution is -0.132. The van der Waals surface area contributed by atoms with E-state index in [-0.39, 0.29) is 11.8 Å². The van der Waals surface area contributed by atoms with Crippen LogP contribution >= 0.6 is 0 Å². The molecule has 4 aromatic carbocycles. The van der Waals surface area contributed by atoms with Crippen LogP contribution in [0.3, 0.4) is 0 Å². The third kappa shape index (κ3) is 5.61. The minimum absolute atomic E-state index is 0.157. The summed E-state index contributed by atoms with van der Waals surface area (Å²) >= 11 is 0. The van der Waals surface area contributed by atoms with Gasteiger partial charge in [0, 0.05) is 23.7 Å². The Morgan fingerprint density at radius 3 is 2.25 bits per heavy atom. The largest absolute Gasteiger partial charge is 0.497 e. The maximum atomic E-state index is 14.2. The quantitative estimate of drug-likeness (QED) is 0.231. The number of aromatic nitrogens is 2. The number of ether oxygens (including phenoxy) is 2. The van der Waals surface area contributed by atoms with E-state index < -0.39 is 11.8 Å². The second-order valence-corrected chi connectivity index (χ2v) is 9.14. The van der Waals surface area contributed by atoms with E-state index in [1.807, 2.05) is 43.3 Å². The van der Waals surface area contributed by atoms with Gasteiger partial charge >= 0.3 is 5.97 Å². The third-order valence-electron chi connectivity index (χ3n) is 6.21. The van der Waals surface area contributed by atoms with E-state index >= 15 is 0 Å². The van der Waals surface area contributed by atoms with E-state index in [9.17, 15) is 14.0 Å². The number of carbonyl (C=O) groups excluding carboxylic acids is 2. The van der Waals surface area contributed by atoms with Crippen LogP contribution in [0.4, 0.5) is 10.1 Å². The van der Waals surface area contributed by atoms with Gasteiger partial charge in [0.05, 0.1) is 18.4 Å². The number of carbonyl (C=O) groups is 2. The van der Waals surface area contributed by atoms with Crippen LogP contribution in [-0.2, 0) is 4.79 Å². The van der Waals surface area contributed by atoms with Gasteiger partial charge in [-0.15, -0.1) is 0 Å². The van der Waals surface area contributed by atoms with E-state index in [2.05, 4.69) is 5.32 Å². The van der Waals surface area contributed by atoms with Gasteiger partial charge in [-0.25, -0.2) is 4.39 Å². The molecule has 0 aliphatic heterocycles. The maximum Gasteiger partial charge on any atom is 0.309 e. The van der Waals surface area contributed by atoms with Crippen LogP contribution in [0.5, 0.6) is 11.6 Å². The SMILES string of the molecule is COc1ccc(C(=O)Nc2ccc(-c3c(-c4cccc(C)c4)nn(-c4cccc(F)c4)c3OC(C)=O)cc2)cc1. The van der Waals surface area contributed by atoms with Crippen molar-refractivity contribution < 1.29 is 23.5 Å². The van der Waals surface area contributed by atoms with Crippen molar-refractivity contribution in [3.05, 3.63) is 114 Å². The number of aryl methyl sites for hydroxylation is 1. The zero-order chi connectivity index (χ0) is 28.2. The van der Waals surface area contributed by atoms with Crippen LogP contribution in [0.25, 0.3) is 28.1 Å². The summed E-state index contributed by atoms with van der Waals surface area (Å²) < 4.78 is 26.4. The summed E-state index contributed by atoms with van der Waals surface area (Å²) in [5.74, 6) is -0.442. The summed E-state index contributed by atoms with van der Waals surface area (Å²) in [5, 5.41) is 7.66. The Kier molecular flexibility index (Phi) is 7.41. The number of halogens is 1. The van der Waals surface area contributed by atoms with Crippen LogP contribution in [0.2, 0.25) is 0 Å². The molecule has 1 amide bonds. The fraction of sp³-hybridized carbons (Fsp3) is 0.0938. The molecule has 8 heteroatoms. The summed E-state index contributed by atoms with van der Waals surface area (Å²) in [4.78, 5) is 25.0. The highest BCUT2D eigenvalue weighted by atomic mass is 19.1. The van der Waals surface area contributed by atoms with Crippen molar-refractivity contribution in [3.8, 4) is 39.7 Å². The van der Waals surface area contributed by atoms with Crippen LogP contribution in [0.15, 0.2) is 97.1 Å². The van der Waals surface area contributed by atoms with Crippen LogP contribution in [-0.4, -0.2) is 28.8 Å². The van der Waals surface area contributed by atoms with E-state index in [1.165, 1.54) is 23.7 Å². The lowest BCUT2D eigenvalue weighted by Gasteiger charge is -2.11. The van der Waals surface area contributed by atoms with Gasteiger partial charge in [0.15, 0.2) is 0 Å². The number of rotatable bonds is 7.